The molecule has 0 unspecified atom stereocenters. The van der Waals surface area contributed by atoms with Crippen molar-refractivity contribution in [2.75, 3.05) is 6.54 Å². The highest BCUT2D eigenvalue weighted by Gasteiger charge is 2.15. The summed E-state index contributed by atoms with van der Waals surface area (Å²) in [5, 5.41) is 12.2. The van der Waals surface area contributed by atoms with E-state index in [9.17, 15) is 9.90 Å². The largest absolute Gasteiger partial charge is 0.507 e. The molecule has 5 heteroatoms. The van der Waals surface area contributed by atoms with E-state index in [4.69, 9.17) is 5.73 Å². The first-order valence-corrected chi connectivity index (χ1v) is 5.93. The zero-order chi connectivity index (χ0) is 12.3. The van der Waals surface area contributed by atoms with Gasteiger partial charge < -0.3 is 16.2 Å². The Morgan fingerprint density at radius 2 is 2.19 bits per heavy atom. The number of benzene rings is 1. The molecule has 88 valence electrons. The molecule has 1 aromatic rings. The number of amides is 1. The van der Waals surface area contributed by atoms with E-state index in [0.717, 1.165) is 3.57 Å². The first kappa shape index (κ1) is 13.2. The Labute approximate surface area is 108 Å². The summed E-state index contributed by atoms with van der Waals surface area (Å²) in [6, 6.07) is 4.87. The van der Waals surface area contributed by atoms with Gasteiger partial charge in [0.1, 0.15) is 5.75 Å². The molecule has 0 bridgehead atoms. The topological polar surface area (TPSA) is 75.3 Å². The third-order valence-corrected chi connectivity index (χ3v) is 2.58. The SMILES string of the molecule is CC(C)(N)CNC(=O)c1cc(I)ccc1O. The van der Waals surface area contributed by atoms with E-state index < -0.39 is 5.54 Å². The highest BCUT2D eigenvalue weighted by atomic mass is 127. The van der Waals surface area contributed by atoms with Crippen LogP contribution in [0.15, 0.2) is 18.2 Å². The second-order valence-corrected chi connectivity index (χ2v) is 5.58. The maximum absolute atomic E-state index is 11.7. The first-order chi connectivity index (χ1) is 7.29. The van der Waals surface area contributed by atoms with Crippen molar-refractivity contribution in [3.05, 3.63) is 27.3 Å². The van der Waals surface area contributed by atoms with Crippen LogP contribution in [0.2, 0.25) is 0 Å². The molecule has 1 amide bonds. The number of halogens is 1. The van der Waals surface area contributed by atoms with Crippen LogP contribution in [-0.2, 0) is 0 Å². The summed E-state index contributed by atoms with van der Waals surface area (Å²) in [5.41, 5.74) is 5.56. The molecular formula is C11H15IN2O2. The molecule has 0 aliphatic carbocycles. The first-order valence-electron chi connectivity index (χ1n) is 4.85. The van der Waals surface area contributed by atoms with Crippen molar-refractivity contribution in [1.82, 2.24) is 5.32 Å². The molecule has 0 aliphatic rings. The number of hydrogen-bond acceptors (Lipinski definition) is 3. The Bertz CT molecular complexity index is 399. The molecule has 4 N–H and O–H groups in total. The lowest BCUT2D eigenvalue weighted by molar-refractivity contribution is 0.0943. The van der Waals surface area contributed by atoms with Crippen molar-refractivity contribution in [1.29, 1.82) is 0 Å². The van der Waals surface area contributed by atoms with Crippen molar-refractivity contribution in [3.8, 4) is 5.75 Å². The Balaban J connectivity index is 2.77. The molecule has 1 aromatic carbocycles. The summed E-state index contributed by atoms with van der Waals surface area (Å²) >= 11 is 2.08. The minimum Gasteiger partial charge on any atom is -0.507 e. The number of nitrogens with two attached hydrogens (primary N) is 1. The van der Waals surface area contributed by atoms with Crippen molar-refractivity contribution in [2.45, 2.75) is 19.4 Å². The van der Waals surface area contributed by atoms with Crippen LogP contribution in [0.25, 0.3) is 0 Å². The summed E-state index contributed by atoms with van der Waals surface area (Å²) in [5.74, 6) is -0.331. The van der Waals surface area contributed by atoms with Gasteiger partial charge in [0.25, 0.3) is 5.91 Å². The van der Waals surface area contributed by atoms with Gasteiger partial charge >= 0.3 is 0 Å². The third-order valence-electron chi connectivity index (χ3n) is 1.91. The number of aromatic hydroxyl groups is 1. The van der Waals surface area contributed by atoms with Crippen LogP contribution in [0.5, 0.6) is 5.75 Å². The minimum atomic E-state index is -0.465. The molecule has 0 saturated heterocycles. The molecule has 16 heavy (non-hydrogen) atoms. The molecule has 0 aliphatic heterocycles. The van der Waals surface area contributed by atoms with E-state index in [-0.39, 0.29) is 17.2 Å². The lowest BCUT2D eigenvalue weighted by atomic mass is 10.1. The van der Waals surface area contributed by atoms with Crippen molar-refractivity contribution in [2.24, 2.45) is 5.73 Å². The van der Waals surface area contributed by atoms with Crippen LogP contribution in [0.4, 0.5) is 0 Å². The quantitative estimate of drug-likeness (QED) is 0.733. The van der Waals surface area contributed by atoms with Gasteiger partial charge in [0.2, 0.25) is 0 Å². The second-order valence-electron chi connectivity index (χ2n) is 4.33. The van der Waals surface area contributed by atoms with E-state index in [2.05, 4.69) is 27.9 Å². The fourth-order valence-corrected chi connectivity index (χ4v) is 1.58. The molecule has 0 atom stereocenters. The van der Waals surface area contributed by atoms with E-state index in [1.54, 1.807) is 12.1 Å². The molecule has 4 nitrogen and oxygen atoms in total. The minimum absolute atomic E-state index is 0.0206. The number of phenols is 1. The van der Waals surface area contributed by atoms with E-state index >= 15 is 0 Å². The van der Waals surface area contributed by atoms with Gasteiger partial charge in [-0.05, 0) is 54.6 Å². The monoisotopic (exact) mass is 334 g/mol. The van der Waals surface area contributed by atoms with E-state index in [1.807, 2.05) is 13.8 Å². The summed E-state index contributed by atoms with van der Waals surface area (Å²) in [7, 11) is 0. The molecule has 0 spiro atoms. The zero-order valence-corrected chi connectivity index (χ0v) is 11.4. The highest BCUT2D eigenvalue weighted by Crippen LogP contribution is 2.19. The Morgan fingerprint density at radius 3 is 2.75 bits per heavy atom. The molecular weight excluding hydrogens is 319 g/mol. The molecule has 0 heterocycles. The van der Waals surface area contributed by atoms with Gasteiger partial charge in [0.15, 0.2) is 0 Å². The number of rotatable bonds is 3. The lowest BCUT2D eigenvalue weighted by Crippen LogP contribution is -2.45. The molecule has 0 radical (unpaired) electrons. The molecule has 0 fully saturated rings. The van der Waals surface area contributed by atoms with Gasteiger partial charge in [-0.2, -0.15) is 0 Å². The number of hydrogen-bond donors (Lipinski definition) is 3. The summed E-state index contributed by atoms with van der Waals surface area (Å²) in [6.45, 7) is 4.00. The Hall–Kier alpha value is -0.820. The smallest absolute Gasteiger partial charge is 0.255 e. The van der Waals surface area contributed by atoms with Crippen LogP contribution in [0.3, 0.4) is 0 Å². The van der Waals surface area contributed by atoms with Gasteiger partial charge in [-0.1, -0.05) is 0 Å². The summed E-state index contributed by atoms with van der Waals surface area (Å²) in [6.07, 6.45) is 0. The van der Waals surface area contributed by atoms with Crippen molar-refractivity contribution < 1.29 is 9.90 Å². The van der Waals surface area contributed by atoms with Crippen molar-refractivity contribution in [3.63, 3.8) is 0 Å². The van der Waals surface area contributed by atoms with Crippen molar-refractivity contribution >= 4 is 28.5 Å². The third kappa shape index (κ3) is 3.97. The van der Waals surface area contributed by atoms with Gasteiger partial charge in [-0.15, -0.1) is 0 Å². The predicted octanol–water partition coefficient (Wildman–Crippen LogP) is 1.46. The Kier molecular flexibility index (Phi) is 4.15. The lowest BCUT2D eigenvalue weighted by Gasteiger charge is -2.19. The molecule has 0 saturated carbocycles. The maximum atomic E-state index is 11.7. The summed E-state index contributed by atoms with van der Waals surface area (Å²) < 4.78 is 0.896. The highest BCUT2D eigenvalue weighted by molar-refractivity contribution is 14.1. The maximum Gasteiger partial charge on any atom is 0.255 e. The average Bonchev–Trinajstić information content (AvgIpc) is 2.17. The van der Waals surface area contributed by atoms with E-state index in [1.165, 1.54) is 6.07 Å². The van der Waals surface area contributed by atoms with Gasteiger partial charge in [0, 0.05) is 15.7 Å². The van der Waals surface area contributed by atoms with Crippen LogP contribution in [-0.4, -0.2) is 23.1 Å². The Morgan fingerprint density at radius 1 is 1.56 bits per heavy atom. The summed E-state index contributed by atoms with van der Waals surface area (Å²) in [4.78, 5) is 11.7. The fourth-order valence-electron chi connectivity index (χ4n) is 1.09. The van der Waals surface area contributed by atoms with E-state index in [0.29, 0.717) is 6.54 Å². The number of carbonyl (C=O) groups is 1. The zero-order valence-electron chi connectivity index (χ0n) is 9.25. The van der Waals surface area contributed by atoms with Crippen LogP contribution < -0.4 is 11.1 Å². The number of carbonyl (C=O) groups excluding carboxylic acids is 1. The normalized spacial score (nSPS) is 11.2. The number of phenolic OH excluding ortho intramolecular Hbond substituents is 1. The fraction of sp³-hybridized carbons (Fsp3) is 0.364. The molecule has 0 aromatic heterocycles. The van der Waals surface area contributed by atoms with Gasteiger partial charge in [-0.3, -0.25) is 4.79 Å². The second kappa shape index (κ2) is 5.01. The number of nitrogens with one attached hydrogen (secondary N) is 1. The van der Waals surface area contributed by atoms with Gasteiger partial charge in [0.05, 0.1) is 5.56 Å². The predicted molar refractivity (Wildman–Crippen MR) is 71.4 cm³/mol. The van der Waals surface area contributed by atoms with Gasteiger partial charge in [-0.25, -0.2) is 0 Å². The molecule has 1 rings (SSSR count). The standard InChI is InChI=1S/C11H15IN2O2/c1-11(2,13)6-14-10(16)8-5-7(12)3-4-9(8)15/h3-5,15H,6,13H2,1-2H3,(H,14,16). The van der Waals surface area contributed by atoms with Crippen LogP contribution >= 0.6 is 22.6 Å². The average molecular weight is 334 g/mol. The van der Waals surface area contributed by atoms with Crippen LogP contribution in [0, 0.1) is 3.57 Å². The van der Waals surface area contributed by atoms with Crippen LogP contribution in [0.1, 0.15) is 24.2 Å².